The van der Waals surface area contributed by atoms with E-state index < -0.39 is 17.8 Å². The molecule has 0 aliphatic carbocycles. The predicted octanol–water partition coefficient (Wildman–Crippen LogP) is 4.14. The summed E-state index contributed by atoms with van der Waals surface area (Å²) in [4.78, 5) is 3.88. The van der Waals surface area contributed by atoms with Gasteiger partial charge in [0.2, 0.25) is 0 Å². The van der Waals surface area contributed by atoms with Crippen LogP contribution in [0.2, 0.25) is 5.15 Å². The maximum atomic E-state index is 12.7. The highest BCUT2D eigenvalue weighted by atomic mass is 35.5. The Morgan fingerprint density at radius 1 is 1.22 bits per heavy atom. The lowest BCUT2D eigenvalue weighted by Crippen LogP contribution is -2.25. The molecule has 0 saturated heterocycles. The van der Waals surface area contributed by atoms with Gasteiger partial charge in [-0.25, -0.2) is 4.98 Å². The van der Waals surface area contributed by atoms with Gasteiger partial charge in [-0.15, -0.1) is 0 Å². The zero-order valence-electron chi connectivity index (χ0n) is 12.3. The highest BCUT2D eigenvalue weighted by Crippen LogP contribution is 2.30. The molecule has 0 radical (unpaired) electrons. The van der Waals surface area contributed by atoms with E-state index in [9.17, 15) is 18.3 Å². The van der Waals surface area contributed by atoms with Crippen molar-refractivity contribution in [3.63, 3.8) is 0 Å². The summed E-state index contributed by atoms with van der Waals surface area (Å²) in [5, 5.41) is 13.5. The van der Waals surface area contributed by atoms with Crippen molar-refractivity contribution in [2.45, 2.75) is 25.2 Å². The summed E-state index contributed by atoms with van der Waals surface area (Å²) in [7, 11) is 0. The second kappa shape index (κ2) is 7.29. The van der Waals surface area contributed by atoms with Crippen molar-refractivity contribution in [1.82, 2.24) is 10.3 Å². The van der Waals surface area contributed by atoms with Gasteiger partial charge in [-0.3, -0.25) is 0 Å². The molecule has 1 aromatic heterocycles. The number of alkyl halides is 3. The second-order valence-electron chi connectivity index (χ2n) is 5.18. The molecule has 2 atom stereocenters. The first kappa shape index (κ1) is 17.7. The van der Waals surface area contributed by atoms with Gasteiger partial charge < -0.3 is 10.4 Å². The van der Waals surface area contributed by atoms with Crippen LogP contribution in [0.1, 0.15) is 35.8 Å². The van der Waals surface area contributed by atoms with Crippen molar-refractivity contribution in [3.8, 4) is 0 Å². The van der Waals surface area contributed by atoms with E-state index in [2.05, 4.69) is 10.3 Å². The molecule has 2 rings (SSSR count). The Bertz CT molecular complexity index is 664. The Labute approximate surface area is 137 Å². The SMILES string of the molecule is CC(NCC(O)c1cccc(C(F)(F)F)c1)c1ccnc(Cl)c1. The minimum absolute atomic E-state index is 0.114. The van der Waals surface area contributed by atoms with E-state index in [1.165, 1.54) is 12.1 Å². The maximum absolute atomic E-state index is 12.7. The number of aromatic nitrogens is 1. The number of hydrogen-bond acceptors (Lipinski definition) is 3. The van der Waals surface area contributed by atoms with Gasteiger partial charge in [0, 0.05) is 18.8 Å². The number of aliphatic hydroxyl groups excluding tert-OH is 1. The van der Waals surface area contributed by atoms with Crippen LogP contribution in [-0.4, -0.2) is 16.6 Å². The molecular formula is C16H16ClF3N2O. The summed E-state index contributed by atoms with van der Waals surface area (Å²) in [5.41, 5.74) is 0.316. The van der Waals surface area contributed by atoms with Crippen LogP contribution in [0.4, 0.5) is 13.2 Å². The molecular weight excluding hydrogens is 329 g/mol. The zero-order chi connectivity index (χ0) is 17.0. The largest absolute Gasteiger partial charge is 0.416 e. The van der Waals surface area contributed by atoms with Gasteiger partial charge in [0.15, 0.2) is 0 Å². The van der Waals surface area contributed by atoms with E-state index in [1.54, 1.807) is 18.3 Å². The smallest absolute Gasteiger partial charge is 0.387 e. The molecule has 23 heavy (non-hydrogen) atoms. The molecule has 0 spiro atoms. The molecule has 0 amide bonds. The summed E-state index contributed by atoms with van der Waals surface area (Å²) in [5.74, 6) is 0. The molecule has 2 N–H and O–H groups in total. The summed E-state index contributed by atoms with van der Waals surface area (Å²) in [6.07, 6.45) is -3.90. The van der Waals surface area contributed by atoms with E-state index in [4.69, 9.17) is 11.6 Å². The fourth-order valence-electron chi connectivity index (χ4n) is 2.13. The van der Waals surface area contributed by atoms with Crippen LogP contribution < -0.4 is 5.32 Å². The monoisotopic (exact) mass is 344 g/mol. The highest BCUT2D eigenvalue weighted by Gasteiger charge is 2.30. The number of rotatable bonds is 5. The molecule has 1 heterocycles. The van der Waals surface area contributed by atoms with Crippen LogP contribution in [0, 0.1) is 0 Å². The van der Waals surface area contributed by atoms with Crippen LogP contribution in [-0.2, 0) is 6.18 Å². The van der Waals surface area contributed by atoms with Crippen molar-refractivity contribution in [2.75, 3.05) is 6.54 Å². The molecule has 0 aliphatic heterocycles. The normalized spacial score (nSPS) is 14.5. The van der Waals surface area contributed by atoms with Gasteiger partial charge in [-0.05, 0) is 42.3 Å². The third kappa shape index (κ3) is 4.92. The van der Waals surface area contributed by atoms with Crippen molar-refractivity contribution in [1.29, 1.82) is 0 Å². The molecule has 7 heteroatoms. The van der Waals surface area contributed by atoms with Crippen molar-refractivity contribution in [2.24, 2.45) is 0 Å². The second-order valence-corrected chi connectivity index (χ2v) is 5.57. The molecule has 0 fully saturated rings. The third-order valence-electron chi connectivity index (χ3n) is 3.47. The van der Waals surface area contributed by atoms with E-state index in [0.29, 0.717) is 5.15 Å². The predicted molar refractivity (Wildman–Crippen MR) is 82.1 cm³/mol. The van der Waals surface area contributed by atoms with Gasteiger partial charge in [0.05, 0.1) is 11.7 Å². The van der Waals surface area contributed by atoms with Gasteiger partial charge in [-0.1, -0.05) is 23.7 Å². The van der Waals surface area contributed by atoms with Crippen molar-refractivity contribution >= 4 is 11.6 Å². The van der Waals surface area contributed by atoms with Crippen LogP contribution in [0.3, 0.4) is 0 Å². The molecule has 2 unspecified atom stereocenters. The van der Waals surface area contributed by atoms with Gasteiger partial charge in [0.1, 0.15) is 5.15 Å². The van der Waals surface area contributed by atoms with E-state index in [-0.39, 0.29) is 18.2 Å². The first-order chi connectivity index (χ1) is 10.8. The fourth-order valence-corrected chi connectivity index (χ4v) is 2.32. The van der Waals surface area contributed by atoms with Gasteiger partial charge >= 0.3 is 6.18 Å². The molecule has 0 saturated carbocycles. The van der Waals surface area contributed by atoms with Crippen LogP contribution in [0.5, 0.6) is 0 Å². The first-order valence-corrected chi connectivity index (χ1v) is 7.35. The number of hydrogen-bond donors (Lipinski definition) is 2. The Balaban J connectivity index is 2.01. The van der Waals surface area contributed by atoms with Crippen LogP contribution >= 0.6 is 11.6 Å². The Morgan fingerprint density at radius 3 is 2.61 bits per heavy atom. The summed E-state index contributed by atoms with van der Waals surface area (Å²) < 4.78 is 38.1. The number of pyridine rings is 1. The molecule has 124 valence electrons. The molecule has 3 nitrogen and oxygen atoms in total. The summed E-state index contributed by atoms with van der Waals surface area (Å²) in [6.45, 7) is 1.98. The Kier molecular flexibility index (Phi) is 5.62. The zero-order valence-corrected chi connectivity index (χ0v) is 13.1. The Hall–Kier alpha value is -1.63. The quantitative estimate of drug-likeness (QED) is 0.801. The fraction of sp³-hybridized carbons (Fsp3) is 0.312. The number of nitrogens with one attached hydrogen (secondary N) is 1. The standard InChI is InChI=1S/C16H16ClF3N2O/c1-10(11-5-6-21-15(17)8-11)22-9-14(23)12-3-2-4-13(7-12)16(18,19)20/h2-8,10,14,22-23H,9H2,1H3. The molecule has 2 aromatic rings. The van der Waals surface area contributed by atoms with Gasteiger partial charge in [0.25, 0.3) is 0 Å². The topological polar surface area (TPSA) is 45.1 Å². The number of aliphatic hydroxyl groups is 1. The number of benzene rings is 1. The van der Waals surface area contributed by atoms with Crippen LogP contribution in [0.25, 0.3) is 0 Å². The van der Waals surface area contributed by atoms with E-state index >= 15 is 0 Å². The third-order valence-corrected chi connectivity index (χ3v) is 3.67. The lowest BCUT2D eigenvalue weighted by atomic mass is 10.0. The van der Waals surface area contributed by atoms with Crippen molar-refractivity contribution < 1.29 is 18.3 Å². The van der Waals surface area contributed by atoms with Crippen LogP contribution in [0.15, 0.2) is 42.6 Å². The van der Waals surface area contributed by atoms with Crippen molar-refractivity contribution in [3.05, 3.63) is 64.4 Å². The minimum Gasteiger partial charge on any atom is -0.387 e. The lowest BCUT2D eigenvalue weighted by Gasteiger charge is -2.18. The summed E-state index contributed by atoms with van der Waals surface area (Å²) >= 11 is 5.81. The first-order valence-electron chi connectivity index (χ1n) is 6.97. The minimum atomic E-state index is -4.43. The number of halogens is 4. The Morgan fingerprint density at radius 2 is 1.96 bits per heavy atom. The average Bonchev–Trinajstić information content (AvgIpc) is 2.51. The van der Waals surface area contributed by atoms with Gasteiger partial charge in [-0.2, -0.15) is 13.2 Å². The molecule has 1 aromatic carbocycles. The van der Waals surface area contributed by atoms with E-state index in [1.807, 2.05) is 6.92 Å². The van der Waals surface area contributed by atoms with E-state index in [0.717, 1.165) is 17.7 Å². The molecule has 0 aliphatic rings. The number of nitrogens with zero attached hydrogens (tertiary/aromatic N) is 1. The highest BCUT2D eigenvalue weighted by molar-refractivity contribution is 6.29. The lowest BCUT2D eigenvalue weighted by molar-refractivity contribution is -0.137. The average molecular weight is 345 g/mol. The maximum Gasteiger partial charge on any atom is 0.416 e. The summed E-state index contributed by atoms with van der Waals surface area (Å²) in [6, 6.07) is 8.03. The molecule has 0 bridgehead atoms.